The summed E-state index contributed by atoms with van der Waals surface area (Å²) >= 11 is 0. The zero-order valence-electron chi connectivity index (χ0n) is 21.9. The van der Waals surface area contributed by atoms with Gasteiger partial charge in [-0.2, -0.15) is 13.2 Å². The molecule has 1 aliphatic rings. The lowest BCUT2D eigenvalue weighted by molar-refractivity contribution is -0.137. The van der Waals surface area contributed by atoms with Crippen molar-refractivity contribution >= 4 is 22.6 Å². The molecule has 40 heavy (non-hydrogen) atoms. The molecule has 0 saturated carbocycles. The predicted octanol–water partition coefficient (Wildman–Crippen LogP) is 5.29. The number of para-hydroxylation sites is 1. The Bertz CT molecular complexity index is 1640. The maximum absolute atomic E-state index is 15.5. The second kappa shape index (κ2) is 10.7. The van der Waals surface area contributed by atoms with E-state index in [1.807, 2.05) is 37.3 Å². The number of aromatic amines is 1. The fourth-order valence-electron chi connectivity index (χ4n) is 5.08. The highest BCUT2D eigenvalue weighted by Crippen LogP contribution is 2.38. The Hall–Kier alpha value is -4.28. The largest absolute Gasteiger partial charge is 0.417 e. The van der Waals surface area contributed by atoms with Crippen LogP contribution in [0.25, 0.3) is 22.3 Å². The van der Waals surface area contributed by atoms with Crippen LogP contribution < -0.4 is 15.8 Å². The molecule has 0 radical (unpaired) electrons. The zero-order chi connectivity index (χ0) is 28.6. The van der Waals surface area contributed by atoms with Crippen LogP contribution in [0.15, 0.2) is 53.3 Å². The molecular formula is C29H27F4N5O2. The summed E-state index contributed by atoms with van der Waals surface area (Å²) in [7, 11) is 0. The maximum atomic E-state index is 15.5. The van der Waals surface area contributed by atoms with Crippen molar-refractivity contribution in [3.8, 4) is 11.4 Å². The van der Waals surface area contributed by atoms with Crippen LogP contribution in [0.4, 0.5) is 23.4 Å². The van der Waals surface area contributed by atoms with Gasteiger partial charge in [0, 0.05) is 48.3 Å². The smallest absolute Gasteiger partial charge is 0.357 e. The molecule has 2 aromatic carbocycles. The van der Waals surface area contributed by atoms with Gasteiger partial charge in [0.15, 0.2) is 0 Å². The number of rotatable bonds is 5. The first kappa shape index (κ1) is 27.3. The summed E-state index contributed by atoms with van der Waals surface area (Å²) in [4.78, 5) is 37.8. The lowest BCUT2D eigenvalue weighted by atomic mass is 9.95. The number of fused-ring (bicyclic) bond motifs is 1. The van der Waals surface area contributed by atoms with E-state index in [-0.39, 0.29) is 29.6 Å². The van der Waals surface area contributed by atoms with Crippen LogP contribution >= 0.6 is 0 Å². The predicted molar refractivity (Wildman–Crippen MR) is 143 cm³/mol. The van der Waals surface area contributed by atoms with Gasteiger partial charge >= 0.3 is 6.18 Å². The van der Waals surface area contributed by atoms with Crippen molar-refractivity contribution in [2.75, 3.05) is 18.0 Å². The topological polar surface area (TPSA) is 91.0 Å². The number of anilines is 1. The van der Waals surface area contributed by atoms with Crippen LogP contribution in [0.1, 0.15) is 35.2 Å². The molecule has 11 heteroatoms. The number of hydrogen-bond donors (Lipinski definition) is 2. The normalized spacial score (nSPS) is 14.5. The number of benzene rings is 2. The molecule has 3 heterocycles. The number of H-pyrrole nitrogens is 1. The monoisotopic (exact) mass is 553 g/mol. The molecule has 208 valence electrons. The summed E-state index contributed by atoms with van der Waals surface area (Å²) in [6, 6.07) is 12.8. The third-order valence-electron chi connectivity index (χ3n) is 7.18. The first-order valence-electron chi connectivity index (χ1n) is 12.9. The average molecular weight is 554 g/mol. The first-order valence-corrected chi connectivity index (χ1v) is 12.9. The van der Waals surface area contributed by atoms with E-state index < -0.39 is 34.5 Å². The number of alkyl halides is 3. The number of aromatic nitrogens is 3. The van der Waals surface area contributed by atoms with E-state index in [1.54, 1.807) is 0 Å². The number of carbonyl (C=O) groups excluding carboxylic acids is 1. The van der Waals surface area contributed by atoms with E-state index in [9.17, 15) is 22.8 Å². The molecule has 2 aromatic heterocycles. The van der Waals surface area contributed by atoms with E-state index in [0.29, 0.717) is 25.9 Å². The van der Waals surface area contributed by atoms with Crippen molar-refractivity contribution in [3.63, 3.8) is 0 Å². The summed E-state index contributed by atoms with van der Waals surface area (Å²) in [6.45, 7) is 4.34. The standard InChI is InChI=1S/C29H27F4N5O2/c1-16-4-3-5-18-7-9-22(36-26(16)18)38-12-10-19(11-13-38)28(40)34-15-20-6-8-21(29(31,32)33)24(25(20)30)27-35-17(2)14-23(39)37-27/h3-9,14,19H,10-13,15H2,1-2H3,(H,34,40)(H,35,37,39). The van der Waals surface area contributed by atoms with Gasteiger partial charge in [-0.15, -0.1) is 0 Å². The van der Waals surface area contributed by atoms with Gasteiger partial charge in [0.05, 0.1) is 16.6 Å². The third-order valence-corrected chi connectivity index (χ3v) is 7.18. The lowest BCUT2D eigenvalue weighted by Gasteiger charge is -2.32. The van der Waals surface area contributed by atoms with Crippen molar-refractivity contribution in [1.82, 2.24) is 20.3 Å². The number of pyridine rings is 1. The highest BCUT2D eigenvalue weighted by Gasteiger charge is 2.37. The molecule has 0 unspecified atom stereocenters. The van der Waals surface area contributed by atoms with Gasteiger partial charge < -0.3 is 15.2 Å². The molecule has 0 bridgehead atoms. The summed E-state index contributed by atoms with van der Waals surface area (Å²) < 4.78 is 56.5. The number of nitrogens with zero attached hydrogens (tertiary/aromatic N) is 3. The van der Waals surface area contributed by atoms with Crippen LogP contribution in [0, 0.1) is 25.6 Å². The molecule has 5 rings (SSSR count). The molecule has 0 atom stereocenters. The Labute approximate surface area is 227 Å². The molecule has 2 N–H and O–H groups in total. The van der Waals surface area contributed by atoms with E-state index in [0.717, 1.165) is 40.5 Å². The van der Waals surface area contributed by atoms with E-state index in [1.165, 1.54) is 6.92 Å². The van der Waals surface area contributed by atoms with Gasteiger partial charge in [-0.3, -0.25) is 9.59 Å². The minimum absolute atomic E-state index is 0.144. The summed E-state index contributed by atoms with van der Waals surface area (Å²) in [6.07, 6.45) is -3.78. The Morgan fingerprint density at radius 2 is 1.82 bits per heavy atom. The molecule has 1 saturated heterocycles. The number of piperidine rings is 1. The minimum atomic E-state index is -4.88. The SMILES string of the molecule is Cc1cc(=O)[nH]c(-c2c(C(F)(F)F)ccc(CNC(=O)C3CCN(c4ccc5cccc(C)c5n4)CC3)c2F)n1. The quantitative estimate of drug-likeness (QED) is 0.328. The second-order valence-electron chi connectivity index (χ2n) is 9.99. The Kier molecular flexibility index (Phi) is 7.31. The fourth-order valence-corrected chi connectivity index (χ4v) is 5.08. The minimum Gasteiger partial charge on any atom is -0.357 e. The summed E-state index contributed by atoms with van der Waals surface area (Å²) in [5, 5.41) is 3.73. The van der Waals surface area contributed by atoms with Gasteiger partial charge in [0.1, 0.15) is 17.5 Å². The van der Waals surface area contributed by atoms with Gasteiger partial charge in [-0.1, -0.05) is 24.3 Å². The van der Waals surface area contributed by atoms with Gasteiger partial charge in [0.25, 0.3) is 5.56 Å². The molecular weight excluding hydrogens is 526 g/mol. The number of halogens is 4. The summed E-state index contributed by atoms with van der Waals surface area (Å²) in [5.41, 5.74) is -0.808. The Morgan fingerprint density at radius 1 is 1.07 bits per heavy atom. The van der Waals surface area contributed by atoms with Crippen molar-refractivity contribution < 1.29 is 22.4 Å². The van der Waals surface area contributed by atoms with Crippen molar-refractivity contribution in [2.45, 2.75) is 39.4 Å². The fraction of sp³-hybridized carbons (Fsp3) is 0.310. The van der Waals surface area contributed by atoms with Gasteiger partial charge in [0.2, 0.25) is 5.91 Å². The first-order chi connectivity index (χ1) is 19.0. The molecule has 0 aliphatic carbocycles. The molecule has 0 spiro atoms. The van der Waals surface area contributed by atoms with Crippen LogP contribution in [-0.2, 0) is 17.5 Å². The van der Waals surface area contributed by atoms with Crippen LogP contribution in [0.5, 0.6) is 0 Å². The van der Waals surface area contributed by atoms with E-state index in [2.05, 4.69) is 20.2 Å². The molecule has 1 fully saturated rings. The van der Waals surface area contributed by atoms with Crippen LogP contribution in [-0.4, -0.2) is 33.9 Å². The van der Waals surface area contributed by atoms with E-state index >= 15 is 4.39 Å². The highest BCUT2D eigenvalue weighted by atomic mass is 19.4. The van der Waals surface area contributed by atoms with Crippen molar-refractivity contribution in [3.05, 3.63) is 87.1 Å². The Balaban J connectivity index is 1.28. The molecule has 4 aromatic rings. The second-order valence-corrected chi connectivity index (χ2v) is 9.99. The molecule has 1 aliphatic heterocycles. The Morgan fingerprint density at radius 3 is 2.52 bits per heavy atom. The van der Waals surface area contributed by atoms with Crippen LogP contribution in [0.3, 0.4) is 0 Å². The van der Waals surface area contributed by atoms with Gasteiger partial charge in [-0.25, -0.2) is 14.4 Å². The molecule has 1 amide bonds. The van der Waals surface area contributed by atoms with Crippen LogP contribution in [0.2, 0.25) is 0 Å². The highest BCUT2D eigenvalue weighted by molar-refractivity contribution is 5.83. The number of carbonyl (C=O) groups is 1. The molecule has 7 nitrogen and oxygen atoms in total. The number of hydrogen-bond acceptors (Lipinski definition) is 5. The zero-order valence-corrected chi connectivity index (χ0v) is 21.9. The maximum Gasteiger partial charge on any atom is 0.417 e. The number of amides is 1. The van der Waals surface area contributed by atoms with Crippen molar-refractivity contribution in [1.29, 1.82) is 0 Å². The summed E-state index contributed by atoms with van der Waals surface area (Å²) in [5.74, 6) is -1.51. The van der Waals surface area contributed by atoms with Gasteiger partial charge in [-0.05, 0) is 50.5 Å². The van der Waals surface area contributed by atoms with E-state index in [4.69, 9.17) is 4.98 Å². The number of aryl methyl sites for hydroxylation is 2. The number of nitrogens with one attached hydrogen (secondary N) is 2. The average Bonchev–Trinajstić information content (AvgIpc) is 2.91. The lowest BCUT2D eigenvalue weighted by Crippen LogP contribution is -2.40. The third kappa shape index (κ3) is 5.54. The van der Waals surface area contributed by atoms with Crippen molar-refractivity contribution in [2.24, 2.45) is 5.92 Å².